The molecule has 1 radical (unpaired) electrons. The number of benzene rings is 2. The number of aliphatic hydroxyl groups is 1. The number of hydrogen-bond donors (Lipinski definition) is 1. The van der Waals surface area contributed by atoms with Crippen LogP contribution in [0, 0.1) is 16.9 Å². The summed E-state index contributed by atoms with van der Waals surface area (Å²) in [6.45, 7) is 11.7. The molecule has 0 aliphatic carbocycles. The van der Waals surface area contributed by atoms with E-state index in [0.29, 0.717) is 11.8 Å². The maximum absolute atomic E-state index is 11.8. The zero-order valence-electron chi connectivity index (χ0n) is 22.3. The molecule has 0 spiro atoms. The van der Waals surface area contributed by atoms with Gasteiger partial charge in [0.05, 0.1) is 0 Å². The molecule has 0 aliphatic heterocycles. The third kappa shape index (κ3) is 7.70. The predicted octanol–water partition coefficient (Wildman–Crippen LogP) is 8.24. The van der Waals surface area contributed by atoms with Crippen LogP contribution in [0.15, 0.2) is 78.8 Å². The van der Waals surface area contributed by atoms with Crippen molar-refractivity contribution in [3.63, 3.8) is 0 Å². The first-order chi connectivity index (χ1) is 17.1. The summed E-state index contributed by atoms with van der Waals surface area (Å²) in [4.78, 5) is 20.3. The fourth-order valence-electron chi connectivity index (χ4n) is 3.27. The van der Waals surface area contributed by atoms with Crippen LogP contribution < -0.4 is 4.74 Å². The Morgan fingerprint density at radius 1 is 0.946 bits per heavy atom. The molecule has 0 aliphatic rings. The summed E-state index contributed by atoms with van der Waals surface area (Å²) in [6.07, 6.45) is 6.48. The van der Waals surface area contributed by atoms with Crippen molar-refractivity contribution in [2.24, 2.45) is 10.8 Å². The number of allylic oxidation sites excluding steroid dienone is 2. The van der Waals surface area contributed by atoms with Gasteiger partial charge in [0.2, 0.25) is 5.88 Å². The molecule has 4 aromatic rings. The number of nitrogens with zero attached hydrogens (tertiary/aromatic N) is 2. The van der Waals surface area contributed by atoms with Crippen molar-refractivity contribution in [1.29, 1.82) is 0 Å². The van der Waals surface area contributed by atoms with E-state index >= 15 is 0 Å². The summed E-state index contributed by atoms with van der Waals surface area (Å²) in [5.74, 6) is 1.14. The monoisotopic (exact) mass is 676 g/mol. The Bertz CT molecular complexity index is 1370. The number of fused-ring (bicyclic) bond motifs is 3. The summed E-state index contributed by atoms with van der Waals surface area (Å²) in [7, 11) is 0. The van der Waals surface area contributed by atoms with Crippen molar-refractivity contribution < 1.29 is 34.7 Å². The van der Waals surface area contributed by atoms with E-state index in [-0.39, 0.29) is 42.5 Å². The molecule has 37 heavy (non-hydrogen) atoms. The molecule has 0 unspecified atom stereocenters. The van der Waals surface area contributed by atoms with Gasteiger partial charge in [0.1, 0.15) is 11.6 Å². The number of carbonyl (C=O) groups is 1. The summed E-state index contributed by atoms with van der Waals surface area (Å²) >= 11 is 0. The van der Waals surface area contributed by atoms with Gasteiger partial charge in [-0.05, 0) is 29.0 Å². The van der Waals surface area contributed by atoms with Gasteiger partial charge in [-0.1, -0.05) is 84.1 Å². The number of ether oxygens (including phenoxy) is 1. The molecule has 5 nitrogen and oxygen atoms in total. The second kappa shape index (κ2) is 12.9. The van der Waals surface area contributed by atoms with Gasteiger partial charge in [-0.3, -0.25) is 9.78 Å². The Kier molecular flexibility index (Phi) is 10.5. The van der Waals surface area contributed by atoms with Crippen LogP contribution in [0.2, 0.25) is 0 Å². The SMILES string of the molecule is CCC(C)(C)C(=O)/C=C(\O)C(C)(C)CC.[Ir].[c-]1cccnc1Oc1cc2c(ccc3ccccc32)cn1. The molecule has 2 aromatic carbocycles. The minimum absolute atomic E-state index is 0. The third-order valence-corrected chi connectivity index (χ3v) is 6.78. The average molecular weight is 676 g/mol. The fraction of sp³-hybridized carbons (Fsp3) is 0.323. The van der Waals surface area contributed by atoms with Crippen molar-refractivity contribution in [3.8, 4) is 11.8 Å². The summed E-state index contributed by atoms with van der Waals surface area (Å²) in [5.41, 5.74) is -0.683. The van der Waals surface area contributed by atoms with Gasteiger partial charge in [0, 0.05) is 54.7 Å². The first-order valence-corrected chi connectivity index (χ1v) is 12.3. The van der Waals surface area contributed by atoms with Crippen LogP contribution in [0.4, 0.5) is 0 Å². The van der Waals surface area contributed by atoms with E-state index in [9.17, 15) is 9.90 Å². The molecule has 2 aromatic heterocycles. The van der Waals surface area contributed by atoms with E-state index in [0.717, 1.165) is 23.6 Å². The van der Waals surface area contributed by atoms with E-state index in [1.54, 1.807) is 18.3 Å². The molecular formula is C31H35IrN2O3-. The van der Waals surface area contributed by atoms with Crippen LogP contribution in [0.3, 0.4) is 0 Å². The average Bonchev–Trinajstić information content (AvgIpc) is 2.89. The smallest absolute Gasteiger partial charge is 0.219 e. The number of rotatable bonds is 7. The van der Waals surface area contributed by atoms with Crippen LogP contribution in [0.5, 0.6) is 11.8 Å². The number of ketones is 1. The van der Waals surface area contributed by atoms with Crippen molar-refractivity contribution in [1.82, 2.24) is 9.97 Å². The molecule has 0 bridgehead atoms. The van der Waals surface area contributed by atoms with Crippen molar-refractivity contribution in [3.05, 3.63) is 84.9 Å². The Morgan fingerprint density at radius 3 is 2.27 bits per heavy atom. The fourth-order valence-corrected chi connectivity index (χ4v) is 3.27. The summed E-state index contributed by atoms with van der Waals surface area (Å²) < 4.78 is 5.66. The first-order valence-electron chi connectivity index (χ1n) is 12.3. The molecule has 6 heteroatoms. The van der Waals surface area contributed by atoms with Gasteiger partial charge in [0.15, 0.2) is 5.78 Å². The van der Waals surface area contributed by atoms with Gasteiger partial charge in [0.25, 0.3) is 0 Å². The van der Waals surface area contributed by atoms with Gasteiger partial charge in [-0.25, -0.2) is 11.1 Å². The quantitative estimate of drug-likeness (QED) is 0.0925. The van der Waals surface area contributed by atoms with E-state index in [2.05, 4.69) is 40.3 Å². The van der Waals surface area contributed by atoms with Crippen LogP contribution >= 0.6 is 0 Å². The number of aromatic nitrogens is 2. The van der Waals surface area contributed by atoms with E-state index in [1.165, 1.54) is 16.8 Å². The van der Waals surface area contributed by atoms with Crippen molar-refractivity contribution >= 4 is 27.3 Å². The maximum Gasteiger partial charge on any atom is 0.219 e. The molecule has 4 rings (SSSR count). The third-order valence-electron chi connectivity index (χ3n) is 6.78. The van der Waals surface area contributed by atoms with Crippen LogP contribution in [-0.2, 0) is 24.9 Å². The zero-order chi connectivity index (χ0) is 26.3. The van der Waals surface area contributed by atoms with Crippen molar-refractivity contribution in [2.75, 3.05) is 0 Å². The molecule has 0 amide bonds. The predicted molar refractivity (Wildman–Crippen MR) is 146 cm³/mol. The second-order valence-electron chi connectivity index (χ2n) is 10.1. The minimum atomic E-state index is -0.377. The second-order valence-corrected chi connectivity index (χ2v) is 10.1. The Morgan fingerprint density at radius 2 is 1.62 bits per heavy atom. The molecule has 0 saturated carbocycles. The molecule has 2 heterocycles. The maximum atomic E-state index is 11.8. The van der Waals surface area contributed by atoms with Gasteiger partial charge < -0.3 is 9.84 Å². The number of carbonyl (C=O) groups excluding carboxylic acids is 1. The summed E-state index contributed by atoms with van der Waals surface area (Å²) in [6, 6.07) is 20.9. The molecule has 0 atom stereocenters. The number of hydrogen-bond acceptors (Lipinski definition) is 5. The van der Waals surface area contributed by atoms with E-state index < -0.39 is 0 Å². The number of pyridine rings is 2. The van der Waals surface area contributed by atoms with Crippen LogP contribution in [-0.4, -0.2) is 20.9 Å². The standard InChI is InChI=1S/C18H11N2O.C13H24O2.Ir/c1-2-6-15-13(5-1)8-9-14-12-20-18(11-16(14)15)21-17-7-3-4-10-19-17;1-7-12(3,4)10(14)9-11(15)13(5,6)8-2;/h1-6,8-12H;9,14H,7-8H2,1-6H3;/q-1;;/b;10-9-;. The van der Waals surface area contributed by atoms with Crippen molar-refractivity contribution in [2.45, 2.75) is 54.4 Å². The Labute approximate surface area is 233 Å². The number of aliphatic hydroxyl groups excluding tert-OH is 1. The minimum Gasteiger partial charge on any atom is -0.512 e. The van der Waals surface area contributed by atoms with Gasteiger partial charge >= 0.3 is 0 Å². The molecule has 0 saturated heterocycles. The largest absolute Gasteiger partial charge is 0.512 e. The van der Waals surface area contributed by atoms with E-state index in [4.69, 9.17) is 4.74 Å². The van der Waals surface area contributed by atoms with Crippen LogP contribution in [0.25, 0.3) is 21.5 Å². The Hall–Kier alpha value is -3.08. The molecule has 0 fully saturated rings. The zero-order valence-corrected chi connectivity index (χ0v) is 24.7. The van der Waals surface area contributed by atoms with Crippen LogP contribution in [0.1, 0.15) is 54.4 Å². The van der Waals surface area contributed by atoms with Gasteiger partial charge in [-0.2, -0.15) is 12.1 Å². The topological polar surface area (TPSA) is 72.3 Å². The van der Waals surface area contributed by atoms with Gasteiger partial charge in [-0.15, -0.1) is 0 Å². The summed E-state index contributed by atoms with van der Waals surface area (Å²) in [5, 5.41) is 14.4. The Balaban J connectivity index is 0.000000271. The molecule has 1 N–H and O–H groups in total. The van der Waals surface area contributed by atoms with E-state index in [1.807, 2.05) is 65.9 Å². The molecule has 197 valence electrons. The molecular weight excluding hydrogens is 641 g/mol. The first kappa shape index (κ1) is 30.1. The normalized spacial score (nSPS) is 11.9.